The van der Waals surface area contributed by atoms with Crippen molar-refractivity contribution < 1.29 is 28.5 Å². The summed E-state index contributed by atoms with van der Waals surface area (Å²) in [4.78, 5) is 10.7. The molecule has 0 saturated heterocycles. The van der Waals surface area contributed by atoms with E-state index in [1.165, 1.54) is 7.11 Å². The lowest BCUT2D eigenvalue weighted by atomic mass is 10.4. The summed E-state index contributed by atoms with van der Waals surface area (Å²) in [7, 11) is 1.32. The van der Waals surface area contributed by atoms with E-state index in [0.29, 0.717) is 39.6 Å². The number of esters is 1. The van der Waals surface area contributed by atoms with E-state index in [1.54, 1.807) is 0 Å². The van der Waals surface area contributed by atoms with Gasteiger partial charge >= 0.3 is 5.97 Å². The Morgan fingerprint density at radius 3 is 1.74 bits per heavy atom. The van der Waals surface area contributed by atoms with Gasteiger partial charge in [-0.15, -0.1) is 0 Å². The summed E-state index contributed by atoms with van der Waals surface area (Å²) >= 11 is 0. The predicted molar refractivity (Wildman–Crippen MR) is 70.2 cm³/mol. The maximum absolute atomic E-state index is 10.7. The van der Waals surface area contributed by atoms with Gasteiger partial charge in [0.15, 0.2) is 0 Å². The summed E-state index contributed by atoms with van der Waals surface area (Å²) in [5, 5.41) is 0. The third-order valence-corrected chi connectivity index (χ3v) is 2.21. The normalized spacial score (nSPS) is 10.6. The molecular formula is C13H26O6. The molecule has 0 fully saturated rings. The molecule has 0 rings (SSSR count). The molecule has 0 heterocycles. The van der Waals surface area contributed by atoms with E-state index in [2.05, 4.69) is 11.7 Å². The molecule has 0 aliphatic rings. The summed E-state index contributed by atoms with van der Waals surface area (Å²) in [6, 6.07) is 0. The molecule has 0 spiro atoms. The van der Waals surface area contributed by atoms with E-state index in [9.17, 15) is 4.79 Å². The van der Waals surface area contributed by atoms with Gasteiger partial charge in [-0.3, -0.25) is 0 Å². The average molecular weight is 278 g/mol. The van der Waals surface area contributed by atoms with Gasteiger partial charge in [0.2, 0.25) is 0 Å². The van der Waals surface area contributed by atoms with Crippen LogP contribution < -0.4 is 0 Å². The molecule has 0 saturated carbocycles. The highest BCUT2D eigenvalue weighted by molar-refractivity contribution is 5.70. The zero-order valence-corrected chi connectivity index (χ0v) is 12.0. The van der Waals surface area contributed by atoms with Crippen molar-refractivity contribution in [3.8, 4) is 0 Å². The first-order valence-electron chi connectivity index (χ1n) is 6.69. The first-order chi connectivity index (χ1) is 9.31. The SMILES string of the molecule is CCCCOCCOCCOCCOCC(=O)OC. The van der Waals surface area contributed by atoms with Crippen molar-refractivity contribution in [2.24, 2.45) is 0 Å². The van der Waals surface area contributed by atoms with E-state index < -0.39 is 0 Å². The highest BCUT2D eigenvalue weighted by atomic mass is 16.6. The Hall–Kier alpha value is -0.690. The van der Waals surface area contributed by atoms with Crippen LogP contribution in [-0.2, 0) is 28.5 Å². The third-order valence-electron chi connectivity index (χ3n) is 2.21. The van der Waals surface area contributed by atoms with Crippen LogP contribution >= 0.6 is 0 Å². The largest absolute Gasteiger partial charge is 0.467 e. The second-order valence-electron chi connectivity index (χ2n) is 3.82. The highest BCUT2D eigenvalue weighted by Gasteiger charge is 1.98. The van der Waals surface area contributed by atoms with Gasteiger partial charge in [-0.1, -0.05) is 13.3 Å². The molecule has 0 aliphatic heterocycles. The van der Waals surface area contributed by atoms with Crippen molar-refractivity contribution in [3.63, 3.8) is 0 Å². The minimum Gasteiger partial charge on any atom is -0.467 e. The average Bonchev–Trinajstić information content (AvgIpc) is 2.43. The maximum Gasteiger partial charge on any atom is 0.331 e. The number of carbonyl (C=O) groups excluding carboxylic acids is 1. The Balaban J connectivity index is 2.97. The first kappa shape index (κ1) is 18.3. The third kappa shape index (κ3) is 15.3. The van der Waals surface area contributed by atoms with Gasteiger partial charge in [-0.2, -0.15) is 0 Å². The number of methoxy groups -OCH3 is 1. The van der Waals surface area contributed by atoms with Gasteiger partial charge in [-0.25, -0.2) is 4.79 Å². The number of carbonyl (C=O) groups is 1. The molecule has 6 nitrogen and oxygen atoms in total. The second-order valence-corrected chi connectivity index (χ2v) is 3.82. The van der Waals surface area contributed by atoms with Crippen LogP contribution in [0.5, 0.6) is 0 Å². The summed E-state index contributed by atoms with van der Waals surface area (Å²) in [5.74, 6) is -0.383. The molecule has 0 radical (unpaired) electrons. The van der Waals surface area contributed by atoms with Crippen LogP contribution in [-0.4, -0.2) is 65.9 Å². The van der Waals surface area contributed by atoms with Gasteiger partial charge in [0, 0.05) is 6.61 Å². The molecule has 0 aromatic carbocycles. The summed E-state index contributed by atoms with van der Waals surface area (Å²) < 4.78 is 25.3. The molecule has 6 heteroatoms. The molecule has 19 heavy (non-hydrogen) atoms. The summed E-state index contributed by atoms with van der Waals surface area (Å²) in [6.07, 6.45) is 2.24. The number of unbranched alkanes of at least 4 members (excludes halogenated alkanes) is 1. The molecule has 0 amide bonds. The minimum absolute atomic E-state index is 0.0363. The Morgan fingerprint density at radius 2 is 1.26 bits per heavy atom. The Morgan fingerprint density at radius 1 is 0.789 bits per heavy atom. The summed E-state index contributed by atoms with van der Waals surface area (Å²) in [5.41, 5.74) is 0. The van der Waals surface area contributed by atoms with E-state index in [1.807, 2.05) is 0 Å². The fourth-order valence-electron chi connectivity index (χ4n) is 1.12. The Bertz CT molecular complexity index is 198. The van der Waals surface area contributed by atoms with Crippen LogP contribution in [0.4, 0.5) is 0 Å². The number of hydrogen-bond donors (Lipinski definition) is 0. The maximum atomic E-state index is 10.7. The Kier molecular flexibility index (Phi) is 14.8. The lowest BCUT2D eigenvalue weighted by Gasteiger charge is -2.07. The van der Waals surface area contributed by atoms with Crippen molar-refractivity contribution in [2.45, 2.75) is 19.8 Å². The van der Waals surface area contributed by atoms with Crippen LogP contribution in [0.25, 0.3) is 0 Å². The number of hydrogen-bond acceptors (Lipinski definition) is 6. The zero-order valence-electron chi connectivity index (χ0n) is 12.0. The van der Waals surface area contributed by atoms with Crippen molar-refractivity contribution in [1.82, 2.24) is 0 Å². The number of rotatable bonds is 14. The molecule has 114 valence electrons. The lowest BCUT2D eigenvalue weighted by Crippen LogP contribution is -2.15. The van der Waals surface area contributed by atoms with Crippen molar-refractivity contribution in [1.29, 1.82) is 0 Å². The molecule has 0 atom stereocenters. The van der Waals surface area contributed by atoms with Crippen LogP contribution in [0.15, 0.2) is 0 Å². The van der Waals surface area contributed by atoms with Crippen molar-refractivity contribution in [2.75, 3.05) is 60.0 Å². The minimum atomic E-state index is -0.383. The second kappa shape index (κ2) is 15.4. The van der Waals surface area contributed by atoms with E-state index in [4.69, 9.17) is 18.9 Å². The van der Waals surface area contributed by atoms with Gasteiger partial charge in [0.05, 0.1) is 46.8 Å². The standard InChI is InChI=1S/C13H26O6/c1-3-4-5-16-6-7-17-8-9-18-10-11-19-12-13(14)15-2/h3-12H2,1-2H3. The van der Waals surface area contributed by atoms with Crippen molar-refractivity contribution >= 4 is 5.97 Å². The monoisotopic (exact) mass is 278 g/mol. The molecular weight excluding hydrogens is 252 g/mol. The fraction of sp³-hybridized carbons (Fsp3) is 0.923. The molecule has 0 N–H and O–H groups in total. The fourth-order valence-corrected chi connectivity index (χ4v) is 1.12. The van der Waals surface area contributed by atoms with Crippen LogP contribution in [0.1, 0.15) is 19.8 Å². The predicted octanol–water partition coefficient (Wildman–Crippen LogP) is 1.03. The zero-order chi connectivity index (χ0) is 14.2. The van der Waals surface area contributed by atoms with Crippen LogP contribution in [0, 0.1) is 0 Å². The van der Waals surface area contributed by atoms with Crippen LogP contribution in [0.2, 0.25) is 0 Å². The lowest BCUT2D eigenvalue weighted by molar-refractivity contribution is -0.146. The van der Waals surface area contributed by atoms with E-state index in [0.717, 1.165) is 19.4 Å². The van der Waals surface area contributed by atoms with Crippen LogP contribution in [0.3, 0.4) is 0 Å². The highest BCUT2D eigenvalue weighted by Crippen LogP contribution is 1.88. The van der Waals surface area contributed by atoms with Gasteiger partial charge in [-0.05, 0) is 6.42 Å². The molecule has 0 aromatic rings. The van der Waals surface area contributed by atoms with E-state index in [-0.39, 0.29) is 12.6 Å². The Labute approximate surface area is 115 Å². The molecule has 0 bridgehead atoms. The quantitative estimate of drug-likeness (QED) is 0.349. The van der Waals surface area contributed by atoms with Gasteiger partial charge in [0.1, 0.15) is 6.61 Å². The number of ether oxygens (including phenoxy) is 5. The molecule has 0 aromatic heterocycles. The molecule has 0 aliphatic carbocycles. The first-order valence-corrected chi connectivity index (χ1v) is 6.69. The molecule has 0 unspecified atom stereocenters. The van der Waals surface area contributed by atoms with Gasteiger partial charge < -0.3 is 23.7 Å². The van der Waals surface area contributed by atoms with Crippen molar-refractivity contribution in [3.05, 3.63) is 0 Å². The summed E-state index contributed by atoms with van der Waals surface area (Å²) in [6.45, 7) is 5.97. The smallest absolute Gasteiger partial charge is 0.331 e. The topological polar surface area (TPSA) is 63.2 Å². The van der Waals surface area contributed by atoms with Gasteiger partial charge in [0.25, 0.3) is 0 Å². The van der Waals surface area contributed by atoms with E-state index >= 15 is 0 Å².